The van der Waals surface area contributed by atoms with Crippen LogP contribution in [0.1, 0.15) is 52.7 Å². The van der Waals surface area contributed by atoms with Crippen molar-refractivity contribution in [1.82, 2.24) is 15.0 Å². The molecule has 254 valence electrons. The van der Waals surface area contributed by atoms with Gasteiger partial charge in [-0.2, -0.15) is 0 Å². The third-order valence-corrected chi connectivity index (χ3v) is 10.3. The molecule has 52 heavy (non-hydrogen) atoms. The number of nitrogens with zero attached hydrogens (tertiary/aromatic N) is 2. The molecule has 4 heterocycles. The molecule has 0 radical (unpaired) electrons. The minimum absolute atomic E-state index is 0.0649. The summed E-state index contributed by atoms with van der Waals surface area (Å²) in [4.78, 5) is 14.6. The summed E-state index contributed by atoms with van der Waals surface area (Å²) in [5, 5.41) is 2.41. The second kappa shape index (κ2) is 11.8. The molecule has 8 aromatic rings. The lowest BCUT2D eigenvalue weighted by molar-refractivity contribution is 0.464. The average molecular weight is 676 g/mol. The molecule has 5 aromatic carbocycles. The molecule has 8 bridgehead atoms. The SMILES string of the molecule is CC(C)(C)c1cc2c3[nH]c4c(cc(C(C)(C)C)cc4c3c1)-c1cc(-c3ccccc3)cc(n1)-c1cc(-c3ccccc3)cc(n1)Oc1cccc-2c1. The summed E-state index contributed by atoms with van der Waals surface area (Å²) in [5.74, 6) is 1.24. The first-order chi connectivity index (χ1) is 25.0. The Labute approximate surface area is 305 Å². The van der Waals surface area contributed by atoms with Gasteiger partial charge in [0.1, 0.15) is 5.75 Å². The largest absolute Gasteiger partial charge is 0.439 e. The standard InChI is InChI=1S/C48H41N3O/c1-47(2,3)34-25-37-31-18-13-19-36(20-31)52-44-24-33(30-16-11-8-12-17-30)23-43(50-44)42-22-32(29-14-9-7-10-15-29)21-41(49-42)40-28-35(48(4,5)6)27-39-38(26-34)45(37)51-46(39)40/h7-28,51H,1-6H3. The Morgan fingerprint density at radius 2 is 0.962 bits per heavy atom. The summed E-state index contributed by atoms with van der Waals surface area (Å²) in [6.07, 6.45) is 0. The normalized spacial score (nSPS) is 12.6. The molecule has 0 fully saturated rings. The zero-order valence-electron chi connectivity index (χ0n) is 30.5. The summed E-state index contributed by atoms with van der Waals surface area (Å²) < 4.78 is 6.67. The molecule has 1 N–H and O–H groups in total. The number of aromatic nitrogens is 3. The molecule has 0 unspecified atom stereocenters. The number of rotatable bonds is 2. The van der Waals surface area contributed by atoms with Crippen molar-refractivity contribution in [3.8, 4) is 67.7 Å². The molecule has 0 atom stereocenters. The first-order valence-electron chi connectivity index (χ1n) is 18.1. The van der Waals surface area contributed by atoms with Gasteiger partial charge in [-0.1, -0.05) is 114 Å². The van der Waals surface area contributed by atoms with Gasteiger partial charge < -0.3 is 9.72 Å². The van der Waals surface area contributed by atoms with E-state index in [4.69, 9.17) is 14.7 Å². The van der Waals surface area contributed by atoms with E-state index in [2.05, 4.69) is 162 Å². The van der Waals surface area contributed by atoms with Crippen LogP contribution in [-0.4, -0.2) is 15.0 Å². The van der Waals surface area contributed by atoms with E-state index in [-0.39, 0.29) is 10.8 Å². The van der Waals surface area contributed by atoms with E-state index < -0.39 is 0 Å². The number of nitrogens with one attached hydrogen (secondary N) is 1. The molecule has 1 aliphatic heterocycles. The van der Waals surface area contributed by atoms with Gasteiger partial charge in [0.15, 0.2) is 0 Å². The monoisotopic (exact) mass is 675 g/mol. The third kappa shape index (κ3) is 5.65. The second-order valence-corrected chi connectivity index (χ2v) is 16.1. The second-order valence-electron chi connectivity index (χ2n) is 16.1. The number of fused-ring (bicyclic) bond motifs is 10. The van der Waals surface area contributed by atoms with Crippen LogP contribution in [0.25, 0.3) is 77.8 Å². The lowest BCUT2D eigenvalue weighted by Gasteiger charge is -2.22. The van der Waals surface area contributed by atoms with Gasteiger partial charge >= 0.3 is 0 Å². The highest BCUT2D eigenvalue weighted by Crippen LogP contribution is 2.44. The zero-order chi connectivity index (χ0) is 35.8. The number of H-pyrrole nitrogens is 1. The van der Waals surface area contributed by atoms with Crippen LogP contribution in [-0.2, 0) is 10.8 Å². The smallest absolute Gasteiger partial charge is 0.220 e. The molecule has 3 aromatic heterocycles. The maximum atomic E-state index is 6.67. The van der Waals surface area contributed by atoms with E-state index in [0.717, 1.165) is 72.8 Å². The van der Waals surface area contributed by atoms with Gasteiger partial charge in [0.25, 0.3) is 0 Å². The minimum atomic E-state index is -0.0934. The van der Waals surface area contributed by atoms with Gasteiger partial charge in [-0.3, -0.25) is 0 Å². The number of pyridine rings is 2. The highest BCUT2D eigenvalue weighted by Gasteiger charge is 2.25. The van der Waals surface area contributed by atoms with Crippen LogP contribution in [0.3, 0.4) is 0 Å². The van der Waals surface area contributed by atoms with Gasteiger partial charge in [0.2, 0.25) is 5.88 Å². The van der Waals surface area contributed by atoms with Crippen molar-refractivity contribution in [3.05, 3.63) is 145 Å². The number of aromatic amines is 1. The summed E-state index contributed by atoms with van der Waals surface area (Å²) in [6, 6.07) is 47.3. The van der Waals surface area contributed by atoms with Crippen molar-refractivity contribution in [2.24, 2.45) is 0 Å². The minimum Gasteiger partial charge on any atom is -0.439 e. The van der Waals surface area contributed by atoms with Crippen molar-refractivity contribution in [3.63, 3.8) is 0 Å². The van der Waals surface area contributed by atoms with E-state index >= 15 is 0 Å². The molecule has 1 aliphatic rings. The maximum absolute atomic E-state index is 6.67. The number of ether oxygens (including phenoxy) is 1. The quantitative estimate of drug-likeness (QED) is 0.198. The van der Waals surface area contributed by atoms with Gasteiger partial charge in [-0.05, 0) is 104 Å². The molecule has 0 amide bonds. The van der Waals surface area contributed by atoms with Gasteiger partial charge in [-0.15, -0.1) is 0 Å². The average Bonchev–Trinajstić information content (AvgIpc) is 3.52. The highest BCUT2D eigenvalue weighted by molar-refractivity contribution is 6.16. The summed E-state index contributed by atoms with van der Waals surface area (Å²) >= 11 is 0. The van der Waals surface area contributed by atoms with Crippen LogP contribution in [0.5, 0.6) is 11.6 Å². The van der Waals surface area contributed by atoms with E-state index in [0.29, 0.717) is 5.88 Å². The lowest BCUT2D eigenvalue weighted by atomic mass is 9.82. The maximum Gasteiger partial charge on any atom is 0.220 e. The van der Waals surface area contributed by atoms with Crippen LogP contribution in [0, 0.1) is 0 Å². The predicted molar refractivity (Wildman–Crippen MR) is 216 cm³/mol. The summed E-state index contributed by atoms with van der Waals surface area (Å²) in [5.41, 5.74) is 14.6. The molecule has 0 aliphatic carbocycles. The fourth-order valence-electron chi connectivity index (χ4n) is 7.33. The van der Waals surface area contributed by atoms with Gasteiger partial charge in [0, 0.05) is 28.0 Å². The molecule has 0 saturated carbocycles. The van der Waals surface area contributed by atoms with E-state index in [1.807, 2.05) is 18.2 Å². The van der Waals surface area contributed by atoms with Crippen LogP contribution in [0.2, 0.25) is 0 Å². The topological polar surface area (TPSA) is 50.8 Å². The number of hydrogen-bond donors (Lipinski definition) is 1. The molecule has 9 rings (SSSR count). The van der Waals surface area contributed by atoms with E-state index in [9.17, 15) is 0 Å². The predicted octanol–water partition coefficient (Wildman–Crippen LogP) is 13.1. The van der Waals surface area contributed by atoms with Crippen LogP contribution >= 0.6 is 0 Å². The van der Waals surface area contributed by atoms with Crippen molar-refractivity contribution in [1.29, 1.82) is 0 Å². The Bertz CT molecular complexity index is 2660. The first-order valence-corrected chi connectivity index (χ1v) is 18.1. The third-order valence-electron chi connectivity index (χ3n) is 10.3. The van der Waals surface area contributed by atoms with Crippen molar-refractivity contribution in [2.45, 2.75) is 52.4 Å². The fraction of sp³-hybridized carbons (Fsp3) is 0.167. The Morgan fingerprint density at radius 3 is 1.58 bits per heavy atom. The summed E-state index contributed by atoms with van der Waals surface area (Å²) in [6.45, 7) is 13.7. The van der Waals surface area contributed by atoms with Gasteiger partial charge in [0.05, 0.1) is 28.1 Å². The number of hydrogen-bond acceptors (Lipinski definition) is 3. The molecule has 0 saturated heterocycles. The van der Waals surface area contributed by atoms with Gasteiger partial charge in [-0.25, -0.2) is 9.97 Å². The van der Waals surface area contributed by atoms with E-state index in [1.165, 1.54) is 21.9 Å². The molecule has 0 spiro atoms. The summed E-state index contributed by atoms with van der Waals surface area (Å²) in [7, 11) is 0. The lowest BCUT2D eigenvalue weighted by Crippen LogP contribution is -2.11. The molecular weight excluding hydrogens is 635 g/mol. The van der Waals surface area contributed by atoms with Crippen LogP contribution < -0.4 is 4.74 Å². The molecule has 4 nitrogen and oxygen atoms in total. The Balaban J connectivity index is 1.45. The van der Waals surface area contributed by atoms with Crippen LogP contribution in [0.15, 0.2) is 133 Å². The zero-order valence-corrected chi connectivity index (χ0v) is 30.5. The van der Waals surface area contributed by atoms with Crippen molar-refractivity contribution in [2.75, 3.05) is 0 Å². The van der Waals surface area contributed by atoms with Crippen LogP contribution in [0.4, 0.5) is 0 Å². The molecule has 4 heteroatoms. The Kier molecular flexibility index (Phi) is 7.24. The Morgan fingerprint density at radius 1 is 0.442 bits per heavy atom. The Hall–Kier alpha value is -6.00. The molecular formula is C48H41N3O. The van der Waals surface area contributed by atoms with E-state index in [1.54, 1.807) is 0 Å². The van der Waals surface area contributed by atoms with Crippen molar-refractivity contribution >= 4 is 21.8 Å². The fourth-order valence-corrected chi connectivity index (χ4v) is 7.33. The number of benzene rings is 5. The highest BCUT2D eigenvalue weighted by atomic mass is 16.5. The van der Waals surface area contributed by atoms with Crippen molar-refractivity contribution < 1.29 is 4.74 Å². The first kappa shape index (κ1) is 31.9.